The fourth-order valence-electron chi connectivity index (χ4n) is 2.88. The smallest absolute Gasteiger partial charge is 0.266 e. The summed E-state index contributed by atoms with van der Waals surface area (Å²) in [5, 5.41) is 5.06. The highest BCUT2D eigenvalue weighted by atomic mass is 79.9. The molecule has 160 valence electrons. The second-order valence-electron chi connectivity index (χ2n) is 6.69. The molecule has 1 atom stereocenters. The molecule has 0 amide bonds. The molecule has 1 heterocycles. The Kier molecular flexibility index (Phi) is 7.73. The number of hydrogen-bond acceptors (Lipinski definition) is 5. The average Bonchev–Trinajstić information content (AvgIpc) is 3.20. The molecule has 30 heavy (non-hydrogen) atoms. The maximum Gasteiger partial charge on any atom is 0.266 e. The molecule has 3 rings (SSSR count). The highest BCUT2D eigenvalue weighted by Crippen LogP contribution is 2.30. The number of benzene rings is 2. The molecule has 0 saturated carbocycles. The summed E-state index contributed by atoms with van der Waals surface area (Å²) in [5.74, 6) is -0.577. The van der Waals surface area contributed by atoms with E-state index in [-0.39, 0.29) is 10.2 Å². The second-order valence-corrected chi connectivity index (χ2v) is 10.6. The quantitative estimate of drug-likeness (QED) is 0.345. The van der Waals surface area contributed by atoms with Gasteiger partial charge in [0.05, 0.1) is 10.7 Å². The first-order valence-corrected chi connectivity index (χ1v) is 12.7. The number of rotatable bonds is 9. The van der Waals surface area contributed by atoms with E-state index in [4.69, 9.17) is 11.6 Å². The molecule has 0 unspecified atom stereocenters. The van der Waals surface area contributed by atoms with Crippen molar-refractivity contribution in [2.75, 3.05) is 16.6 Å². The third-order valence-corrected chi connectivity index (χ3v) is 7.57. The lowest BCUT2D eigenvalue weighted by atomic mass is 9.97. The van der Waals surface area contributed by atoms with Crippen LogP contribution in [0.5, 0.6) is 0 Å². The van der Waals surface area contributed by atoms with Gasteiger partial charge in [-0.05, 0) is 42.2 Å². The highest BCUT2D eigenvalue weighted by molar-refractivity contribution is 9.10. The Hall–Kier alpha value is -1.68. The Bertz CT molecular complexity index is 1090. The van der Waals surface area contributed by atoms with Crippen molar-refractivity contribution in [1.82, 2.24) is 4.98 Å². The number of halogens is 3. The normalized spacial score (nSPS) is 12.5. The number of aromatic nitrogens is 1. The SMILES string of the molecule is CC[C@H](CNc1cc(F)c(S(=O)(=O)Nc2nccs2)cc1Cl)Cc1ccc(Br)cc1. The van der Waals surface area contributed by atoms with Gasteiger partial charge in [0, 0.05) is 22.6 Å². The van der Waals surface area contributed by atoms with Crippen molar-refractivity contribution in [3.05, 3.63) is 68.9 Å². The molecule has 0 fully saturated rings. The first-order valence-electron chi connectivity index (χ1n) is 9.18. The van der Waals surface area contributed by atoms with Gasteiger partial charge in [-0.3, -0.25) is 4.72 Å². The summed E-state index contributed by atoms with van der Waals surface area (Å²) in [6.45, 7) is 2.67. The molecule has 2 aromatic carbocycles. The van der Waals surface area contributed by atoms with E-state index < -0.39 is 20.7 Å². The summed E-state index contributed by atoms with van der Waals surface area (Å²) in [4.78, 5) is 3.33. The summed E-state index contributed by atoms with van der Waals surface area (Å²) in [6.07, 6.45) is 3.24. The molecule has 5 nitrogen and oxygen atoms in total. The largest absolute Gasteiger partial charge is 0.383 e. The summed E-state index contributed by atoms with van der Waals surface area (Å²) in [6, 6.07) is 10.4. The first-order chi connectivity index (χ1) is 14.3. The molecular formula is C20H20BrClFN3O2S2. The molecule has 2 N–H and O–H groups in total. The van der Waals surface area contributed by atoms with E-state index in [0.717, 1.165) is 40.8 Å². The highest BCUT2D eigenvalue weighted by Gasteiger charge is 2.22. The predicted octanol–water partition coefficient (Wildman–Crippen LogP) is 6.18. The van der Waals surface area contributed by atoms with E-state index in [2.05, 4.69) is 50.0 Å². The average molecular weight is 533 g/mol. The Morgan fingerprint density at radius 2 is 2.00 bits per heavy atom. The molecule has 0 radical (unpaired) electrons. The lowest BCUT2D eigenvalue weighted by Gasteiger charge is -2.18. The van der Waals surface area contributed by atoms with Gasteiger partial charge in [-0.2, -0.15) is 0 Å². The summed E-state index contributed by atoms with van der Waals surface area (Å²) in [7, 11) is -4.13. The second kappa shape index (κ2) is 10.1. The first kappa shape index (κ1) is 23.0. The Labute approximate surface area is 192 Å². The predicted molar refractivity (Wildman–Crippen MR) is 124 cm³/mol. The number of thiazole rings is 1. The van der Waals surface area contributed by atoms with Crippen molar-refractivity contribution in [1.29, 1.82) is 0 Å². The fraction of sp³-hybridized carbons (Fsp3) is 0.250. The van der Waals surface area contributed by atoms with Gasteiger partial charge in [-0.25, -0.2) is 17.8 Å². The summed E-state index contributed by atoms with van der Waals surface area (Å²) >= 11 is 10.8. The molecule has 0 bridgehead atoms. The Balaban J connectivity index is 1.70. The van der Waals surface area contributed by atoms with Crippen LogP contribution in [-0.2, 0) is 16.4 Å². The fourth-order valence-corrected chi connectivity index (χ4v) is 5.32. The maximum atomic E-state index is 14.6. The van der Waals surface area contributed by atoms with Crippen molar-refractivity contribution in [2.45, 2.75) is 24.7 Å². The van der Waals surface area contributed by atoms with Crippen molar-refractivity contribution in [3.63, 3.8) is 0 Å². The van der Waals surface area contributed by atoms with E-state index in [0.29, 0.717) is 18.2 Å². The lowest BCUT2D eigenvalue weighted by Crippen LogP contribution is -2.18. The van der Waals surface area contributed by atoms with E-state index in [1.165, 1.54) is 11.8 Å². The van der Waals surface area contributed by atoms with E-state index in [9.17, 15) is 12.8 Å². The lowest BCUT2D eigenvalue weighted by molar-refractivity contribution is 0.533. The van der Waals surface area contributed by atoms with Gasteiger partial charge in [0.15, 0.2) is 5.13 Å². The molecule has 0 aliphatic rings. The summed E-state index contributed by atoms with van der Waals surface area (Å²) < 4.78 is 42.8. The van der Waals surface area contributed by atoms with E-state index in [1.807, 2.05) is 12.1 Å². The third-order valence-electron chi connectivity index (χ3n) is 4.56. The van der Waals surface area contributed by atoms with Crippen molar-refractivity contribution < 1.29 is 12.8 Å². The van der Waals surface area contributed by atoms with Crippen LogP contribution in [0.1, 0.15) is 18.9 Å². The molecule has 10 heteroatoms. The van der Waals surface area contributed by atoms with E-state index in [1.54, 1.807) is 5.38 Å². The number of anilines is 2. The van der Waals surface area contributed by atoms with Gasteiger partial charge in [0.2, 0.25) is 0 Å². The van der Waals surface area contributed by atoms with Crippen LogP contribution in [0, 0.1) is 11.7 Å². The minimum Gasteiger partial charge on any atom is -0.383 e. The van der Waals surface area contributed by atoms with Crippen LogP contribution in [0.15, 0.2) is 57.3 Å². The maximum absolute atomic E-state index is 14.6. The van der Waals surface area contributed by atoms with Crippen molar-refractivity contribution >= 4 is 59.7 Å². The van der Waals surface area contributed by atoms with Gasteiger partial charge in [0.25, 0.3) is 10.0 Å². The minimum atomic E-state index is -4.13. The molecule has 0 aliphatic carbocycles. The van der Waals surface area contributed by atoms with Gasteiger partial charge in [-0.15, -0.1) is 11.3 Å². The van der Waals surface area contributed by atoms with Crippen LogP contribution in [0.3, 0.4) is 0 Å². The molecular weight excluding hydrogens is 513 g/mol. The van der Waals surface area contributed by atoms with Gasteiger partial charge >= 0.3 is 0 Å². The van der Waals surface area contributed by atoms with Crippen LogP contribution in [0.4, 0.5) is 15.2 Å². The molecule has 0 aliphatic heterocycles. The number of hydrogen-bond donors (Lipinski definition) is 2. The van der Waals surface area contributed by atoms with Crippen molar-refractivity contribution in [3.8, 4) is 0 Å². The van der Waals surface area contributed by atoms with Crippen LogP contribution < -0.4 is 10.0 Å². The zero-order valence-corrected chi connectivity index (χ0v) is 20.0. The Morgan fingerprint density at radius 3 is 2.63 bits per heavy atom. The van der Waals surface area contributed by atoms with Crippen LogP contribution in [0.25, 0.3) is 0 Å². The van der Waals surface area contributed by atoms with Crippen LogP contribution in [0.2, 0.25) is 5.02 Å². The number of sulfonamides is 1. The Morgan fingerprint density at radius 1 is 1.27 bits per heavy atom. The van der Waals surface area contributed by atoms with Gasteiger partial charge < -0.3 is 5.32 Å². The molecule has 0 saturated heterocycles. The topological polar surface area (TPSA) is 71.1 Å². The number of nitrogens with one attached hydrogen (secondary N) is 2. The minimum absolute atomic E-state index is 0.134. The zero-order chi connectivity index (χ0) is 21.7. The van der Waals surface area contributed by atoms with E-state index >= 15 is 0 Å². The van der Waals surface area contributed by atoms with Crippen LogP contribution >= 0.6 is 38.9 Å². The van der Waals surface area contributed by atoms with Gasteiger partial charge in [-0.1, -0.05) is 53.0 Å². The number of nitrogens with zero attached hydrogens (tertiary/aromatic N) is 1. The zero-order valence-electron chi connectivity index (χ0n) is 16.0. The van der Waals surface area contributed by atoms with Crippen molar-refractivity contribution in [2.24, 2.45) is 5.92 Å². The standard InChI is InChI=1S/C20H20BrClFN3O2S2/c1-2-13(9-14-3-5-15(21)6-4-14)12-25-18-11-17(23)19(10-16(18)22)30(27,28)26-20-24-7-8-29-20/h3-8,10-11,13,25H,2,9,12H2,1H3,(H,24,26)/t13-/m0/s1. The molecule has 0 spiro atoms. The van der Waals surface area contributed by atoms with Gasteiger partial charge in [0.1, 0.15) is 10.7 Å². The molecule has 1 aromatic heterocycles. The summed E-state index contributed by atoms with van der Waals surface area (Å²) in [5.41, 5.74) is 1.57. The van der Waals surface area contributed by atoms with Crippen LogP contribution in [-0.4, -0.2) is 19.9 Å². The monoisotopic (exact) mass is 531 g/mol. The third kappa shape index (κ3) is 5.94. The molecule has 3 aromatic rings.